The van der Waals surface area contributed by atoms with Gasteiger partial charge in [0.25, 0.3) is 5.91 Å². The molecule has 3 amide bonds. The first kappa shape index (κ1) is 29.5. The molecule has 44 heavy (non-hydrogen) atoms. The Hall–Kier alpha value is -4.60. The average Bonchev–Trinajstić information content (AvgIpc) is 3.54. The summed E-state index contributed by atoms with van der Waals surface area (Å²) in [5.74, 6) is -0.269. The largest absolute Gasteiger partial charge is 0.494 e. The van der Waals surface area contributed by atoms with Crippen LogP contribution in [0, 0.1) is 0 Å². The van der Waals surface area contributed by atoms with Gasteiger partial charge in [-0.05, 0) is 92.2 Å². The van der Waals surface area contributed by atoms with Crippen molar-refractivity contribution >= 4 is 41.6 Å². The van der Waals surface area contributed by atoms with Crippen LogP contribution >= 0.6 is 0 Å². The van der Waals surface area contributed by atoms with E-state index in [-0.39, 0.29) is 11.9 Å². The summed E-state index contributed by atoms with van der Waals surface area (Å²) in [4.78, 5) is 27.6. The first-order chi connectivity index (χ1) is 21.0. The third kappa shape index (κ3) is 5.81. The maximum Gasteiger partial charge on any atom is 0.494 e. The van der Waals surface area contributed by atoms with Crippen LogP contribution in [0.1, 0.15) is 49.2 Å². The fraction of sp³-hybridized carbons (Fsp3) is 0.257. The number of amides is 3. The lowest BCUT2D eigenvalue weighted by atomic mass is 9.78. The molecule has 2 aliphatic rings. The van der Waals surface area contributed by atoms with Crippen molar-refractivity contribution < 1.29 is 18.9 Å². The third-order valence-electron chi connectivity index (χ3n) is 8.86. The number of rotatable bonds is 6. The number of urea groups is 1. The predicted molar refractivity (Wildman–Crippen MR) is 176 cm³/mol. The molecule has 1 saturated heterocycles. The number of carbonyl (C=O) groups is 2. The van der Waals surface area contributed by atoms with E-state index in [4.69, 9.17) is 15.0 Å². The molecule has 0 radical (unpaired) electrons. The molecule has 0 unspecified atom stereocenters. The number of anilines is 3. The summed E-state index contributed by atoms with van der Waals surface area (Å²) >= 11 is 0. The summed E-state index contributed by atoms with van der Waals surface area (Å²) in [6.07, 6.45) is 0.857. The van der Waals surface area contributed by atoms with Gasteiger partial charge in [0.2, 0.25) is 0 Å². The lowest BCUT2D eigenvalue weighted by Crippen LogP contribution is -2.41. The SMILES string of the molecule is CC1(C)OB(c2ccc(-c3ccc(N)c(NC(=O)c4ccc(CNC(=O)N5CCc6ccccc65)cc4)c3)cc2)OC1(C)C. The number of hydrogen-bond donors (Lipinski definition) is 3. The molecular weight excluding hydrogens is 551 g/mol. The van der Waals surface area contributed by atoms with Gasteiger partial charge in [0.05, 0.1) is 22.6 Å². The van der Waals surface area contributed by atoms with Gasteiger partial charge in [-0.25, -0.2) is 4.79 Å². The van der Waals surface area contributed by atoms with E-state index < -0.39 is 18.3 Å². The van der Waals surface area contributed by atoms with Crippen LogP contribution in [0.2, 0.25) is 0 Å². The number of para-hydroxylation sites is 1. The Labute approximate surface area is 258 Å². The summed E-state index contributed by atoms with van der Waals surface area (Å²) in [7, 11) is -0.430. The minimum atomic E-state index is -0.430. The molecule has 0 atom stereocenters. The maximum absolute atomic E-state index is 13.1. The van der Waals surface area contributed by atoms with Crippen LogP contribution in [-0.2, 0) is 22.3 Å². The van der Waals surface area contributed by atoms with E-state index in [1.54, 1.807) is 23.1 Å². The predicted octanol–water partition coefficient (Wildman–Crippen LogP) is 5.76. The van der Waals surface area contributed by atoms with Crippen molar-refractivity contribution in [2.24, 2.45) is 0 Å². The van der Waals surface area contributed by atoms with Gasteiger partial charge in [-0.15, -0.1) is 0 Å². The van der Waals surface area contributed by atoms with Crippen molar-refractivity contribution in [2.45, 2.75) is 51.9 Å². The van der Waals surface area contributed by atoms with Crippen molar-refractivity contribution in [1.29, 1.82) is 0 Å². The average molecular weight is 589 g/mol. The fourth-order valence-corrected chi connectivity index (χ4v) is 5.45. The van der Waals surface area contributed by atoms with E-state index in [0.717, 1.165) is 34.3 Å². The van der Waals surface area contributed by atoms with Crippen molar-refractivity contribution in [3.05, 3.63) is 108 Å². The summed E-state index contributed by atoms with van der Waals surface area (Å²) in [6.45, 7) is 9.18. The van der Waals surface area contributed by atoms with Crippen LogP contribution < -0.4 is 26.7 Å². The van der Waals surface area contributed by atoms with Crippen LogP contribution in [0.25, 0.3) is 11.1 Å². The molecule has 8 nitrogen and oxygen atoms in total. The number of nitrogens with zero attached hydrogens (tertiary/aromatic N) is 1. The molecular formula is C35H37BN4O4. The van der Waals surface area contributed by atoms with Gasteiger partial charge < -0.3 is 25.7 Å². The topological polar surface area (TPSA) is 106 Å². The van der Waals surface area contributed by atoms with Crippen molar-refractivity contribution in [3.8, 4) is 11.1 Å². The van der Waals surface area contributed by atoms with Crippen LogP contribution in [-0.4, -0.2) is 36.8 Å². The minimum Gasteiger partial charge on any atom is -0.399 e. The third-order valence-corrected chi connectivity index (χ3v) is 8.86. The van der Waals surface area contributed by atoms with Gasteiger partial charge in [-0.2, -0.15) is 0 Å². The second kappa shape index (κ2) is 11.5. The van der Waals surface area contributed by atoms with E-state index in [1.165, 1.54) is 5.56 Å². The smallest absolute Gasteiger partial charge is 0.399 e. The highest BCUT2D eigenvalue weighted by molar-refractivity contribution is 6.62. The quantitative estimate of drug-likeness (QED) is 0.196. The van der Waals surface area contributed by atoms with Crippen LogP contribution in [0.4, 0.5) is 21.9 Å². The highest BCUT2D eigenvalue weighted by Gasteiger charge is 2.51. The Morgan fingerprint density at radius 1 is 0.864 bits per heavy atom. The molecule has 224 valence electrons. The zero-order chi connectivity index (χ0) is 31.1. The normalized spacial score (nSPS) is 16.5. The highest BCUT2D eigenvalue weighted by atomic mass is 16.7. The van der Waals surface area contributed by atoms with Crippen LogP contribution in [0.5, 0.6) is 0 Å². The van der Waals surface area contributed by atoms with E-state index in [1.807, 2.05) is 94.4 Å². The molecule has 9 heteroatoms. The fourth-order valence-electron chi connectivity index (χ4n) is 5.45. The monoisotopic (exact) mass is 588 g/mol. The van der Waals surface area contributed by atoms with Gasteiger partial charge >= 0.3 is 13.1 Å². The van der Waals surface area contributed by atoms with Gasteiger partial charge in [0, 0.05) is 24.3 Å². The molecule has 0 aliphatic carbocycles. The van der Waals surface area contributed by atoms with Crippen molar-refractivity contribution in [3.63, 3.8) is 0 Å². The lowest BCUT2D eigenvalue weighted by Gasteiger charge is -2.32. The number of hydrogen-bond acceptors (Lipinski definition) is 5. The number of nitrogens with one attached hydrogen (secondary N) is 2. The Bertz CT molecular complexity index is 1690. The highest BCUT2D eigenvalue weighted by Crippen LogP contribution is 2.37. The Morgan fingerprint density at radius 3 is 2.23 bits per heavy atom. The second-order valence-corrected chi connectivity index (χ2v) is 12.4. The van der Waals surface area contributed by atoms with E-state index in [9.17, 15) is 9.59 Å². The zero-order valence-electron chi connectivity index (χ0n) is 25.5. The first-order valence-corrected chi connectivity index (χ1v) is 14.9. The van der Waals surface area contributed by atoms with Gasteiger partial charge in [-0.1, -0.05) is 60.7 Å². The molecule has 0 spiro atoms. The molecule has 0 aromatic heterocycles. The molecule has 4 aromatic rings. The summed E-state index contributed by atoms with van der Waals surface area (Å²) < 4.78 is 12.3. The summed E-state index contributed by atoms with van der Waals surface area (Å²) in [5.41, 5.74) is 12.8. The molecule has 4 aromatic carbocycles. The molecule has 0 saturated carbocycles. The standard InChI is InChI=1S/C35H37BN4O4/c1-34(2)35(3,4)44-36(43-34)28-16-13-24(14-17-28)27-15-18-29(37)30(21-27)39-32(41)26-11-9-23(10-12-26)22-38-33(42)40-20-19-25-7-5-6-8-31(25)40/h5-18,21H,19-20,22,37H2,1-4H3,(H,38,42)(H,39,41). The lowest BCUT2D eigenvalue weighted by molar-refractivity contribution is 0.00578. The van der Waals surface area contributed by atoms with Gasteiger partial charge in [0.15, 0.2) is 0 Å². The van der Waals surface area contributed by atoms with E-state index >= 15 is 0 Å². The molecule has 6 rings (SSSR count). The summed E-state index contributed by atoms with van der Waals surface area (Å²) in [6, 6.07) is 28.6. The number of nitrogens with two attached hydrogens (primary N) is 1. The minimum absolute atomic E-state index is 0.130. The van der Waals surface area contributed by atoms with Gasteiger partial charge in [-0.3, -0.25) is 9.69 Å². The Morgan fingerprint density at radius 2 is 1.52 bits per heavy atom. The molecule has 4 N–H and O–H groups in total. The van der Waals surface area contributed by atoms with E-state index in [0.29, 0.717) is 30.0 Å². The molecule has 1 fully saturated rings. The van der Waals surface area contributed by atoms with Gasteiger partial charge in [0.1, 0.15) is 0 Å². The first-order valence-electron chi connectivity index (χ1n) is 14.9. The number of carbonyl (C=O) groups excluding carboxylic acids is 2. The Kier molecular flexibility index (Phi) is 7.69. The summed E-state index contributed by atoms with van der Waals surface area (Å²) in [5, 5.41) is 5.93. The second-order valence-electron chi connectivity index (χ2n) is 12.4. The molecule has 2 aliphatic heterocycles. The maximum atomic E-state index is 13.1. The van der Waals surface area contributed by atoms with E-state index in [2.05, 4.69) is 16.7 Å². The number of benzene rings is 4. The molecule has 0 bridgehead atoms. The molecule has 2 heterocycles. The zero-order valence-corrected chi connectivity index (χ0v) is 25.5. The Balaban J connectivity index is 1.07. The van der Waals surface area contributed by atoms with Crippen molar-refractivity contribution in [1.82, 2.24) is 5.32 Å². The van der Waals surface area contributed by atoms with Crippen LogP contribution in [0.15, 0.2) is 91.0 Å². The number of fused-ring (bicyclic) bond motifs is 1. The van der Waals surface area contributed by atoms with Crippen LogP contribution in [0.3, 0.4) is 0 Å². The number of nitrogen functional groups attached to an aromatic ring is 1. The van der Waals surface area contributed by atoms with Crippen molar-refractivity contribution in [2.75, 3.05) is 22.5 Å².